The van der Waals surface area contributed by atoms with Crippen LogP contribution in [0, 0.1) is 6.92 Å². The molecule has 4 N–H and O–H groups in total. The van der Waals surface area contributed by atoms with Gasteiger partial charge in [0.2, 0.25) is 0 Å². The SMILES string of the molecule is CNC(=O)c1cc(C(C)(c2ccc(C(=O)O)c(C(=O)Nc3ccc(Oc4ccc(C)cc4)cc3)c2)C(F)(F)F)ccc1C(=O)O. The fraction of sp³-hybridized carbons (Fsp3) is 0.152. The number of amides is 2. The highest BCUT2D eigenvalue weighted by Gasteiger charge is 2.54. The molecule has 232 valence electrons. The van der Waals surface area contributed by atoms with Gasteiger partial charge in [-0.25, -0.2) is 9.59 Å². The van der Waals surface area contributed by atoms with Gasteiger partial charge in [-0.3, -0.25) is 9.59 Å². The number of halogens is 3. The zero-order valence-corrected chi connectivity index (χ0v) is 24.2. The lowest BCUT2D eigenvalue weighted by molar-refractivity contribution is -0.173. The second-order valence-electron chi connectivity index (χ2n) is 10.2. The second-order valence-corrected chi connectivity index (χ2v) is 10.2. The van der Waals surface area contributed by atoms with Crippen molar-refractivity contribution < 1.29 is 47.3 Å². The average molecular weight is 621 g/mol. The summed E-state index contributed by atoms with van der Waals surface area (Å²) in [6, 6.07) is 18.6. The molecule has 4 aromatic rings. The number of nitrogens with one attached hydrogen (secondary N) is 2. The number of aromatic carboxylic acids is 2. The first-order chi connectivity index (χ1) is 21.1. The maximum atomic E-state index is 14.9. The van der Waals surface area contributed by atoms with E-state index in [2.05, 4.69) is 10.6 Å². The van der Waals surface area contributed by atoms with Gasteiger partial charge >= 0.3 is 18.1 Å². The van der Waals surface area contributed by atoms with E-state index >= 15 is 0 Å². The first-order valence-corrected chi connectivity index (χ1v) is 13.4. The van der Waals surface area contributed by atoms with Crippen LogP contribution in [-0.4, -0.2) is 47.2 Å². The minimum atomic E-state index is -5.04. The Kier molecular flexibility index (Phi) is 8.98. The van der Waals surface area contributed by atoms with Gasteiger partial charge in [-0.15, -0.1) is 0 Å². The number of carboxylic acids is 2. The summed E-state index contributed by atoms with van der Waals surface area (Å²) in [4.78, 5) is 49.3. The van der Waals surface area contributed by atoms with Crippen molar-refractivity contribution in [1.82, 2.24) is 5.32 Å². The number of hydrogen-bond donors (Lipinski definition) is 4. The maximum Gasteiger partial charge on any atom is 0.402 e. The number of carboxylic acid groups (broad SMARTS) is 2. The van der Waals surface area contributed by atoms with Gasteiger partial charge in [-0.1, -0.05) is 29.8 Å². The third-order valence-electron chi connectivity index (χ3n) is 7.31. The number of anilines is 1. The molecule has 0 fully saturated rings. The molecular formula is C33H27F3N2O7. The minimum absolute atomic E-state index is 0.219. The Hall–Kier alpha value is -5.65. The number of hydrogen-bond acceptors (Lipinski definition) is 5. The Labute approximate surface area is 255 Å². The average Bonchev–Trinajstić information content (AvgIpc) is 3.01. The molecular weight excluding hydrogens is 593 g/mol. The standard InChI is InChI=1S/C33H27F3N2O7/c1-18-4-10-22(11-5-18)45-23-12-8-21(9-13-23)38-29(40)27-17-20(7-15-25(27)31(43)44)32(2,33(34,35)36)19-6-14-24(30(41)42)26(16-19)28(39)37-3/h4-17H,1-3H3,(H,37,39)(H,38,40)(H,41,42)(H,43,44). The van der Waals surface area contributed by atoms with Gasteiger partial charge in [0.05, 0.1) is 22.3 Å². The van der Waals surface area contributed by atoms with Crippen LogP contribution in [0.15, 0.2) is 84.9 Å². The van der Waals surface area contributed by atoms with Gasteiger partial charge < -0.3 is 25.6 Å². The predicted octanol–water partition coefficient (Wildman–Crippen LogP) is 6.66. The molecule has 1 atom stereocenters. The second kappa shape index (κ2) is 12.5. The largest absolute Gasteiger partial charge is 0.478 e. The van der Waals surface area contributed by atoms with E-state index in [0.717, 1.165) is 48.9 Å². The lowest BCUT2D eigenvalue weighted by atomic mass is 9.74. The van der Waals surface area contributed by atoms with Crippen LogP contribution in [-0.2, 0) is 5.41 Å². The number of carbonyl (C=O) groups is 4. The number of aryl methyl sites for hydroxylation is 1. The molecule has 2 amide bonds. The van der Waals surface area contributed by atoms with E-state index in [4.69, 9.17) is 4.74 Å². The van der Waals surface area contributed by atoms with E-state index in [9.17, 15) is 42.6 Å². The molecule has 9 nitrogen and oxygen atoms in total. The van der Waals surface area contributed by atoms with Crippen molar-refractivity contribution in [3.8, 4) is 11.5 Å². The van der Waals surface area contributed by atoms with E-state index in [0.29, 0.717) is 11.5 Å². The van der Waals surface area contributed by atoms with Crippen LogP contribution < -0.4 is 15.4 Å². The molecule has 4 aromatic carbocycles. The smallest absolute Gasteiger partial charge is 0.402 e. The van der Waals surface area contributed by atoms with Gasteiger partial charge in [0.25, 0.3) is 11.8 Å². The summed E-state index contributed by atoms with van der Waals surface area (Å²) in [5.74, 6) is -3.96. The van der Waals surface area contributed by atoms with Gasteiger partial charge in [0.15, 0.2) is 0 Å². The fourth-order valence-electron chi connectivity index (χ4n) is 4.64. The fourth-order valence-corrected chi connectivity index (χ4v) is 4.64. The highest BCUT2D eigenvalue weighted by atomic mass is 19.4. The lowest BCUT2D eigenvalue weighted by Crippen LogP contribution is -2.41. The molecule has 1 unspecified atom stereocenters. The van der Waals surface area contributed by atoms with Gasteiger partial charge in [0.1, 0.15) is 16.9 Å². The summed E-state index contributed by atoms with van der Waals surface area (Å²) in [5, 5.41) is 23.9. The van der Waals surface area contributed by atoms with Gasteiger partial charge in [0, 0.05) is 12.7 Å². The molecule has 0 aliphatic heterocycles. The van der Waals surface area contributed by atoms with Crippen molar-refractivity contribution in [2.24, 2.45) is 0 Å². The summed E-state index contributed by atoms with van der Waals surface area (Å²) < 4.78 is 50.3. The number of ether oxygens (including phenoxy) is 1. The Morgan fingerprint density at radius 2 is 1.11 bits per heavy atom. The predicted molar refractivity (Wildman–Crippen MR) is 158 cm³/mol. The molecule has 0 saturated heterocycles. The molecule has 0 saturated carbocycles. The first-order valence-electron chi connectivity index (χ1n) is 13.4. The topological polar surface area (TPSA) is 142 Å². The van der Waals surface area contributed by atoms with Crippen LogP contribution in [0.4, 0.5) is 18.9 Å². The van der Waals surface area contributed by atoms with E-state index in [1.165, 1.54) is 19.2 Å². The Balaban J connectivity index is 1.73. The molecule has 0 heterocycles. The normalized spacial score (nSPS) is 12.5. The van der Waals surface area contributed by atoms with Crippen molar-refractivity contribution >= 4 is 29.4 Å². The summed E-state index contributed by atoms with van der Waals surface area (Å²) in [6.45, 7) is 2.72. The Morgan fingerprint density at radius 1 is 0.667 bits per heavy atom. The van der Waals surface area contributed by atoms with Crippen LogP contribution in [0.5, 0.6) is 11.5 Å². The van der Waals surface area contributed by atoms with Crippen molar-refractivity contribution in [1.29, 1.82) is 0 Å². The zero-order valence-electron chi connectivity index (χ0n) is 24.2. The van der Waals surface area contributed by atoms with Crippen LogP contribution >= 0.6 is 0 Å². The van der Waals surface area contributed by atoms with Crippen molar-refractivity contribution in [3.05, 3.63) is 124 Å². The van der Waals surface area contributed by atoms with Crippen molar-refractivity contribution in [3.63, 3.8) is 0 Å². The molecule has 0 aromatic heterocycles. The summed E-state index contributed by atoms with van der Waals surface area (Å²) in [6.07, 6.45) is -5.04. The van der Waals surface area contributed by atoms with E-state index in [-0.39, 0.29) is 5.69 Å². The molecule has 0 aliphatic rings. The van der Waals surface area contributed by atoms with E-state index in [1.807, 2.05) is 19.1 Å². The molecule has 4 rings (SSSR count). The third-order valence-corrected chi connectivity index (χ3v) is 7.31. The van der Waals surface area contributed by atoms with Crippen LogP contribution in [0.3, 0.4) is 0 Å². The minimum Gasteiger partial charge on any atom is -0.478 e. The van der Waals surface area contributed by atoms with Gasteiger partial charge in [-0.05, 0) is 85.6 Å². The summed E-state index contributed by atoms with van der Waals surface area (Å²) >= 11 is 0. The molecule has 45 heavy (non-hydrogen) atoms. The van der Waals surface area contributed by atoms with Crippen LogP contribution in [0.2, 0.25) is 0 Å². The van der Waals surface area contributed by atoms with Crippen LogP contribution in [0.25, 0.3) is 0 Å². The highest BCUT2D eigenvalue weighted by molar-refractivity contribution is 6.11. The van der Waals surface area contributed by atoms with Gasteiger partial charge in [-0.2, -0.15) is 13.2 Å². The van der Waals surface area contributed by atoms with E-state index < -0.39 is 68.7 Å². The van der Waals surface area contributed by atoms with Crippen molar-refractivity contribution in [2.45, 2.75) is 25.4 Å². The quantitative estimate of drug-likeness (QED) is 0.164. The summed E-state index contributed by atoms with van der Waals surface area (Å²) in [5.41, 5.74) is -4.77. The number of alkyl halides is 3. The zero-order chi connectivity index (χ0) is 33.1. The van der Waals surface area contributed by atoms with Crippen LogP contribution in [0.1, 0.15) is 65.0 Å². The molecule has 0 radical (unpaired) electrons. The molecule has 0 spiro atoms. The highest BCUT2D eigenvalue weighted by Crippen LogP contribution is 2.47. The Bertz CT molecular complexity index is 1790. The molecule has 12 heteroatoms. The molecule has 0 aliphatic carbocycles. The summed E-state index contributed by atoms with van der Waals surface area (Å²) in [7, 11) is 1.20. The number of carbonyl (C=O) groups excluding carboxylic acids is 2. The molecule has 0 bridgehead atoms. The van der Waals surface area contributed by atoms with Crippen molar-refractivity contribution in [2.75, 3.05) is 12.4 Å². The van der Waals surface area contributed by atoms with E-state index in [1.54, 1.807) is 24.3 Å². The third kappa shape index (κ3) is 6.64. The number of rotatable bonds is 9. The first kappa shape index (κ1) is 32.3. The Morgan fingerprint density at radius 3 is 1.53 bits per heavy atom. The monoisotopic (exact) mass is 620 g/mol. The lowest BCUT2D eigenvalue weighted by Gasteiger charge is -2.34. The number of benzene rings is 4. The maximum absolute atomic E-state index is 14.9.